The van der Waals surface area contributed by atoms with Gasteiger partial charge in [-0.15, -0.1) is 11.6 Å². The van der Waals surface area contributed by atoms with E-state index in [1.807, 2.05) is 18.2 Å². The van der Waals surface area contributed by atoms with Gasteiger partial charge in [0.1, 0.15) is 12.4 Å². The number of halogens is 1. The van der Waals surface area contributed by atoms with Crippen molar-refractivity contribution in [1.82, 2.24) is 5.32 Å². The number of carbonyl (C=O) groups excluding carboxylic acids is 1. The zero-order chi connectivity index (χ0) is 13.1. The first-order valence-corrected chi connectivity index (χ1v) is 6.70. The summed E-state index contributed by atoms with van der Waals surface area (Å²) >= 11 is 6.36. The molecule has 98 valence electrons. The van der Waals surface area contributed by atoms with Crippen LogP contribution in [0.5, 0.6) is 5.75 Å². The Labute approximate surface area is 112 Å². The molecule has 1 aliphatic heterocycles. The number of benzene rings is 1. The van der Waals surface area contributed by atoms with Gasteiger partial charge in [0.05, 0.1) is 17.5 Å². The second-order valence-electron chi connectivity index (χ2n) is 4.96. The highest BCUT2D eigenvalue weighted by molar-refractivity contribution is 6.20. The van der Waals surface area contributed by atoms with Gasteiger partial charge >= 0.3 is 0 Å². The highest BCUT2D eigenvalue weighted by Gasteiger charge is 2.19. The van der Waals surface area contributed by atoms with Gasteiger partial charge in [-0.3, -0.25) is 4.79 Å². The number of hydrogen-bond acceptors (Lipinski definition) is 2. The van der Waals surface area contributed by atoms with E-state index in [4.69, 9.17) is 16.3 Å². The molecule has 1 unspecified atom stereocenters. The van der Waals surface area contributed by atoms with Crippen molar-refractivity contribution >= 4 is 17.5 Å². The monoisotopic (exact) mass is 267 g/mol. The van der Waals surface area contributed by atoms with Crippen molar-refractivity contribution in [3.8, 4) is 5.75 Å². The lowest BCUT2D eigenvalue weighted by atomic mass is 10.00. The lowest BCUT2D eigenvalue weighted by Gasteiger charge is -2.14. The Morgan fingerprint density at radius 1 is 1.44 bits per heavy atom. The predicted molar refractivity (Wildman–Crippen MR) is 72.3 cm³/mol. The van der Waals surface area contributed by atoms with Crippen LogP contribution in [0.1, 0.15) is 41.6 Å². The minimum absolute atomic E-state index is 0.0636. The molecule has 0 radical (unpaired) electrons. The zero-order valence-electron chi connectivity index (χ0n) is 10.7. The van der Waals surface area contributed by atoms with Gasteiger partial charge in [-0.25, -0.2) is 0 Å². The average molecular weight is 268 g/mol. The van der Waals surface area contributed by atoms with Crippen molar-refractivity contribution in [3.05, 3.63) is 29.3 Å². The van der Waals surface area contributed by atoms with E-state index in [1.165, 1.54) is 0 Å². The second-order valence-corrected chi connectivity index (χ2v) is 5.48. The highest BCUT2D eigenvalue weighted by Crippen LogP contribution is 2.31. The third-order valence-electron chi connectivity index (χ3n) is 2.93. The van der Waals surface area contributed by atoms with Gasteiger partial charge in [-0.1, -0.05) is 19.9 Å². The summed E-state index contributed by atoms with van der Waals surface area (Å²) in [6.07, 6.45) is 0.892. The summed E-state index contributed by atoms with van der Waals surface area (Å²) in [6.45, 7) is 5.32. The van der Waals surface area contributed by atoms with Gasteiger partial charge < -0.3 is 10.1 Å². The van der Waals surface area contributed by atoms with E-state index in [0.29, 0.717) is 30.4 Å². The molecule has 18 heavy (non-hydrogen) atoms. The topological polar surface area (TPSA) is 38.3 Å². The van der Waals surface area contributed by atoms with Crippen molar-refractivity contribution in [2.45, 2.75) is 25.6 Å². The highest BCUT2D eigenvalue weighted by atomic mass is 35.5. The minimum Gasteiger partial charge on any atom is -0.491 e. The van der Waals surface area contributed by atoms with Gasteiger partial charge in [-0.2, -0.15) is 0 Å². The van der Waals surface area contributed by atoms with Crippen LogP contribution in [-0.2, 0) is 0 Å². The SMILES string of the molecule is CC(C)CC(Cl)c1ccc2c(c1)C(=O)NCCO2. The van der Waals surface area contributed by atoms with Gasteiger partial charge in [0, 0.05) is 0 Å². The van der Waals surface area contributed by atoms with E-state index in [1.54, 1.807) is 0 Å². The number of rotatable bonds is 3. The summed E-state index contributed by atoms with van der Waals surface area (Å²) < 4.78 is 5.51. The Hall–Kier alpha value is -1.22. The molecule has 0 bridgehead atoms. The van der Waals surface area contributed by atoms with Crippen LogP contribution in [0, 0.1) is 5.92 Å². The quantitative estimate of drug-likeness (QED) is 0.855. The molecule has 0 fully saturated rings. The molecule has 1 aromatic rings. The molecule has 4 heteroatoms. The molecule has 1 amide bonds. The van der Waals surface area contributed by atoms with Crippen LogP contribution in [0.2, 0.25) is 0 Å². The van der Waals surface area contributed by atoms with E-state index < -0.39 is 0 Å². The molecular formula is C14H18ClNO2. The summed E-state index contributed by atoms with van der Waals surface area (Å²) in [5.74, 6) is 1.08. The molecule has 1 aromatic carbocycles. The van der Waals surface area contributed by atoms with Crippen LogP contribution in [0.4, 0.5) is 0 Å². The minimum atomic E-state index is -0.0854. The van der Waals surface area contributed by atoms with E-state index in [-0.39, 0.29) is 11.3 Å². The lowest BCUT2D eigenvalue weighted by molar-refractivity contribution is 0.0957. The summed E-state index contributed by atoms with van der Waals surface area (Å²) in [5.41, 5.74) is 1.56. The fourth-order valence-corrected chi connectivity index (χ4v) is 2.51. The Morgan fingerprint density at radius 3 is 2.94 bits per heavy atom. The van der Waals surface area contributed by atoms with Gasteiger partial charge in [0.15, 0.2) is 0 Å². The van der Waals surface area contributed by atoms with Crippen molar-refractivity contribution < 1.29 is 9.53 Å². The molecular weight excluding hydrogens is 250 g/mol. The molecule has 0 aliphatic carbocycles. The van der Waals surface area contributed by atoms with Crippen LogP contribution in [0.25, 0.3) is 0 Å². The maximum absolute atomic E-state index is 11.9. The zero-order valence-corrected chi connectivity index (χ0v) is 11.5. The van der Waals surface area contributed by atoms with Crippen LogP contribution in [-0.4, -0.2) is 19.1 Å². The Bertz CT molecular complexity index is 445. The van der Waals surface area contributed by atoms with Crippen LogP contribution >= 0.6 is 11.6 Å². The standard InChI is InChI=1S/C14H18ClNO2/c1-9(2)7-12(15)10-3-4-13-11(8-10)14(17)16-5-6-18-13/h3-4,8-9,12H,5-7H2,1-2H3,(H,16,17). The Kier molecular flexibility index (Phi) is 4.12. The normalized spacial score (nSPS) is 16.6. The molecule has 0 aromatic heterocycles. The molecule has 2 rings (SSSR count). The fourth-order valence-electron chi connectivity index (χ4n) is 2.02. The molecule has 0 saturated carbocycles. The Balaban J connectivity index is 2.27. The molecule has 1 atom stereocenters. The van der Waals surface area contributed by atoms with E-state index >= 15 is 0 Å². The third-order valence-corrected chi connectivity index (χ3v) is 3.36. The van der Waals surface area contributed by atoms with E-state index in [2.05, 4.69) is 19.2 Å². The summed E-state index contributed by atoms with van der Waals surface area (Å²) in [4.78, 5) is 11.9. The molecule has 3 nitrogen and oxygen atoms in total. The van der Waals surface area contributed by atoms with Crippen LogP contribution < -0.4 is 10.1 Å². The lowest BCUT2D eigenvalue weighted by Crippen LogP contribution is -2.24. The number of hydrogen-bond donors (Lipinski definition) is 1. The molecule has 1 N–H and O–H groups in total. The summed E-state index contributed by atoms with van der Waals surface area (Å²) in [6, 6.07) is 5.62. The first-order valence-electron chi connectivity index (χ1n) is 6.27. The van der Waals surface area contributed by atoms with Crippen molar-refractivity contribution in [2.24, 2.45) is 5.92 Å². The van der Waals surface area contributed by atoms with Crippen molar-refractivity contribution in [1.29, 1.82) is 0 Å². The molecule has 0 saturated heterocycles. The number of ether oxygens (including phenoxy) is 1. The van der Waals surface area contributed by atoms with E-state index in [9.17, 15) is 4.79 Å². The largest absolute Gasteiger partial charge is 0.491 e. The van der Waals surface area contributed by atoms with Crippen LogP contribution in [0.3, 0.4) is 0 Å². The summed E-state index contributed by atoms with van der Waals surface area (Å²) in [5, 5.41) is 2.74. The fraction of sp³-hybridized carbons (Fsp3) is 0.500. The smallest absolute Gasteiger partial charge is 0.255 e. The van der Waals surface area contributed by atoms with Gasteiger partial charge in [0.2, 0.25) is 0 Å². The maximum atomic E-state index is 11.9. The van der Waals surface area contributed by atoms with Gasteiger partial charge in [0.25, 0.3) is 5.91 Å². The predicted octanol–water partition coefficient (Wildman–Crippen LogP) is 3.13. The van der Waals surface area contributed by atoms with Crippen molar-refractivity contribution in [3.63, 3.8) is 0 Å². The number of alkyl halides is 1. The number of amides is 1. The van der Waals surface area contributed by atoms with E-state index in [0.717, 1.165) is 12.0 Å². The maximum Gasteiger partial charge on any atom is 0.255 e. The molecule has 0 spiro atoms. The number of nitrogens with one attached hydrogen (secondary N) is 1. The molecule has 1 heterocycles. The summed E-state index contributed by atoms with van der Waals surface area (Å²) in [7, 11) is 0. The van der Waals surface area contributed by atoms with Crippen molar-refractivity contribution in [2.75, 3.05) is 13.2 Å². The number of fused-ring (bicyclic) bond motifs is 1. The first kappa shape index (κ1) is 13.2. The molecule has 1 aliphatic rings. The second kappa shape index (κ2) is 5.61. The third kappa shape index (κ3) is 2.96. The van der Waals surface area contributed by atoms with Crippen LogP contribution in [0.15, 0.2) is 18.2 Å². The number of carbonyl (C=O) groups is 1. The Morgan fingerprint density at radius 2 is 2.22 bits per heavy atom. The van der Waals surface area contributed by atoms with Gasteiger partial charge in [-0.05, 0) is 30.0 Å². The first-order chi connectivity index (χ1) is 8.58. The average Bonchev–Trinajstić information content (AvgIpc) is 2.50.